The Hall–Kier alpha value is -2.79. The first-order valence-electron chi connectivity index (χ1n) is 8.69. The highest BCUT2D eigenvalue weighted by atomic mass is 32.1. The zero-order chi connectivity index (χ0) is 17.9. The molecule has 0 bridgehead atoms. The Morgan fingerprint density at radius 2 is 1.62 bits per heavy atom. The van der Waals surface area contributed by atoms with E-state index in [1.165, 1.54) is 11.3 Å². The zero-order valence-corrected chi connectivity index (χ0v) is 15.0. The van der Waals surface area contributed by atoms with Crippen LogP contribution >= 0.6 is 11.3 Å². The number of ketones is 1. The highest BCUT2D eigenvalue weighted by Gasteiger charge is 2.27. The summed E-state index contributed by atoms with van der Waals surface area (Å²) in [5.74, 6) is 0.00164. The first kappa shape index (κ1) is 16.7. The molecule has 1 saturated carbocycles. The summed E-state index contributed by atoms with van der Waals surface area (Å²) in [6.07, 6.45) is 2.96. The molecule has 2 aromatic carbocycles. The van der Waals surface area contributed by atoms with E-state index in [9.17, 15) is 9.59 Å². The van der Waals surface area contributed by atoms with E-state index in [0.717, 1.165) is 24.8 Å². The number of rotatable bonds is 5. The number of thiazole rings is 1. The molecule has 4 rings (SSSR count). The van der Waals surface area contributed by atoms with Crippen molar-refractivity contribution in [1.29, 1.82) is 0 Å². The van der Waals surface area contributed by atoms with Gasteiger partial charge in [-0.05, 0) is 12.8 Å². The third kappa shape index (κ3) is 3.30. The Bertz CT molecular complexity index is 931. The van der Waals surface area contributed by atoms with E-state index in [2.05, 4.69) is 10.3 Å². The van der Waals surface area contributed by atoms with Crippen molar-refractivity contribution < 1.29 is 9.59 Å². The summed E-state index contributed by atoms with van der Waals surface area (Å²) < 4.78 is 0. The molecule has 1 aliphatic carbocycles. The second kappa shape index (κ2) is 7.22. The van der Waals surface area contributed by atoms with Crippen LogP contribution in [0.4, 0.5) is 5.13 Å². The lowest BCUT2D eigenvalue weighted by Gasteiger charge is -2.23. The van der Waals surface area contributed by atoms with Gasteiger partial charge in [0.1, 0.15) is 4.88 Å². The van der Waals surface area contributed by atoms with E-state index < -0.39 is 0 Å². The smallest absolute Gasteiger partial charge is 0.229 e. The minimum absolute atomic E-state index is 0.00308. The molecule has 130 valence electrons. The Kier molecular flexibility index (Phi) is 4.63. The molecule has 1 aromatic heterocycles. The second-order valence-electron chi connectivity index (χ2n) is 6.38. The summed E-state index contributed by atoms with van der Waals surface area (Å²) in [7, 11) is 0. The summed E-state index contributed by atoms with van der Waals surface area (Å²) in [5.41, 5.74) is 2.10. The normalized spacial score (nSPS) is 13.8. The van der Waals surface area contributed by atoms with Gasteiger partial charge in [-0.3, -0.25) is 9.59 Å². The number of anilines is 1. The summed E-state index contributed by atoms with van der Waals surface area (Å²) in [5, 5.41) is 3.38. The largest absolute Gasteiger partial charge is 0.302 e. The number of aromatic nitrogens is 1. The van der Waals surface area contributed by atoms with Crippen LogP contribution < -0.4 is 5.32 Å². The fourth-order valence-electron chi connectivity index (χ4n) is 2.92. The predicted molar refractivity (Wildman–Crippen MR) is 103 cm³/mol. The standard InChI is InChI=1S/C21H18N2O2S/c24-18(15-10-5-2-6-11-15)19-17(14-8-3-1-4-9-14)22-21(26-19)23-20(25)16-12-7-13-16/h1-6,8-11,16H,7,12-13H2,(H,22,23,25). The molecule has 1 heterocycles. The fourth-order valence-corrected chi connectivity index (χ4v) is 3.87. The maximum atomic E-state index is 13.0. The van der Waals surface area contributed by atoms with Crippen LogP contribution in [0.15, 0.2) is 60.7 Å². The number of carbonyl (C=O) groups is 2. The van der Waals surface area contributed by atoms with Gasteiger partial charge in [0, 0.05) is 17.0 Å². The van der Waals surface area contributed by atoms with Gasteiger partial charge >= 0.3 is 0 Å². The minimum Gasteiger partial charge on any atom is -0.302 e. The molecule has 3 aromatic rings. The number of benzene rings is 2. The van der Waals surface area contributed by atoms with Gasteiger partial charge < -0.3 is 5.32 Å². The van der Waals surface area contributed by atoms with Crippen molar-refractivity contribution in [3.63, 3.8) is 0 Å². The molecule has 0 atom stereocenters. The average molecular weight is 362 g/mol. The molecule has 1 N–H and O–H groups in total. The molecule has 5 heteroatoms. The maximum absolute atomic E-state index is 13.0. The predicted octanol–water partition coefficient (Wildman–Crippen LogP) is 4.78. The molecule has 0 radical (unpaired) electrons. The van der Waals surface area contributed by atoms with Gasteiger partial charge in [-0.2, -0.15) is 0 Å². The second-order valence-corrected chi connectivity index (χ2v) is 7.37. The third-order valence-corrected chi connectivity index (χ3v) is 5.59. The molecular weight excluding hydrogens is 344 g/mol. The number of nitrogens with one attached hydrogen (secondary N) is 1. The van der Waals surface area contributed by atoms with E-state index in [1.807, 2.05) is 48.5 Å². The Labute approximate surface area is 155 Å². The lowest BCUT2D eigenvalue weighted by Crippen LogP contribution is -2.27. The van der Waals surface area contributed by atoms with Gasteiger partial charge in [-0.1, -0.05) is 78.4 Å². The summed E-state index contributed by atoms with van der Waals surface area (Å²) in [6, 6.07) is 18.8. The molecule has 1 amide bonds. The highest BCUT2D eigenvalue weighted by molar-refractivity contribution is 7.18. The minimum atomic E-state index is -0.0777. The number of nitrogens with zero attached hydrogens (tertiary/aromatic N) is 1. The van der Waals surface area contributed by atoms with Crippen molar-refractivity contribution in [2.45, 2.75) is 19.3 Å². The first-order chi connectivity index (χ1) is 12.7. The van der Waals surface area contributed by atoms with Crippen LogP contribution in [0.1, 0.15) is 34.5 Å². The SMILES string of the molecule is O=C(c1ccccc1)c1sc(NC(=O)C2CCC2)nc1-c1ccccc1. The van der Waals surface area contributed by atoms with Crippen molar-refractivity contribution in [3.05, 3.63) is 71.1 Å². The van der Waals surface area contributed by atoms with Crippen LogP contribution in [-0.4, -0.2) is 16.7 Å². The summed E-state index contributed by atoms with van der Waals surface area (Å²) >= 11 is 1.24. The molecule has 4 nitrogen and oxygen atoms in total. The molecule has 0 aliphatic heterocycles. The van der Waals surface area contributed by atoms with Crippen molar-refractivity contribution >= 4 is 28.2 Å². The van der Waals surface area contributed by atoms with Crippen LogP contribution in [0.5, 0.6) is 0 Å². The van der Waals surface area contributed by atoms with Crippen molar-refractivity contribution in [1.82, 2.24) is 4.98 Å². The number of hydrogen-bond acceptors (Lipinski definition) is 4. The van der Waals surface area contributed by atoms with E-state index >= 15 is 0 Å². The average Bonchev–Trinajstić information content (AvgIpc) is 3.04. The number of hydrogen-bond donors (Lipinski definition) is 1. The quantitative estimate of drug-likeness (QED) is 0.665. The Balaban J connectivity index is 1.71. The van der Waals surface area contributed by atoms with Crippen LogP contribution in [0.2, 0.25) is 0 Å². The summed E-state index contributed by atoms with van der Waals surface area (Å²) in [4.78, 5) is 30.4. The van der Waals surface area contributed by atoms with Crippen LogP contribution in [0.3, 0.4) is 0 Å². The van der Waals surface area contributed by atoms with E-state index in [4.69, 9.17) is 0 Å². The van der Waals surface area contributed by atoms with Gasteiger partial charge in [0.15, 0.2) is 5.13 Å². The topological polar surface area (TPSA) is 59.1 Å². The molecule has 0 unspecified atom stereocenters. The lowest BCUT2D eigenvalue weighted by atomic mass is 9.85. The van der Waals surface area contributed by atoms with Crippen LogP contribution in [-0.2, 0) is 4.79 Å². The zero-order valence-electron chi connectivity index (χ0n) is 14.1. The third-order valence-electron chi connectivity index (χ3n) is 4.62. The fraction of sp³-hybridized carbons (Fsp3) is 0.190. The molecular formula is C21H18N2O2S. The van der Waals surface area contributed by atoms with Crippen LogP contribution in [0, 0.1) is 5.92 Å². The van der Waals surface area contributed by atoms with Gasteiger partial charge in [0.05, 0.1) is 5.69 Å². The van der Waals surface area contributed by atoms with Crippen molar-refractivity contribution in [3.8, 4) is 11.3 Å². The molecule has 0 saturated heterocycles. The maximum Gasteiger partial charge on any atom is 0.229 e. The van der Waals surface area contributed by atoms with Gasteiger partial charge in [0.25, 0.3) is 0 Å². The van der Waals surface area contributed by atoms with Crippen molar-refractivity contribution in [2.24, 2.45) is 5.92 Å². The van der Waals surface area contributed by atoms with Gasteiger partial charge in [0.2, 0.25) is 11.7 Å². The molecule has 1 fully saturated rings. The van der Waals surface area contributed by atoms with Gasteiger partial charge in [-0.25, -0.2) is 4.98 Å². The van der Waals surface area contributed by atoms with Crippen LogP contribution in [0.25, 0.3) is 11.3 Å². The van der Waals surface area contributed by atoms with Gasteiger partial charge in [-0.15, -0.1) is 0 Å². The van der Waals surface area contributed by atoms with E-state index in [0.29, 0.717) is 21.3 Å². The lowest BCUT2D eigenvalue weighted by molar-refractivity contribution is -0.122. The highest BCUT2D eigenvalue weighted by Crippen LogP contribution is 2.34. The summed E-state index contributed by atoms with van der Waals surface area (Å²) in [6.45, 7) is 0. The Morgan fingerprint density at radius 1 is 0.962 bits per heavy atom. The van der Waals surface area contributed by atoms with E-state index in [1.54, 1.807) is 12.1 Å². The molecule has 26 heavy (non-hydrogen) atoms. The monoisotopic (exact) mass is 362 g/mol. The van der Waals surface area contributed by atoms with E-state index in [-0.39, 0.29) is 17.6 Å². The Morgan fingerprint density at radius 3 is 2.23 bits per heavy atom. The molecule has 0 spiro atoms. The molecule has 1 aliphatic rings. The number of carbonyl (C=O) groups excluding carboxylic acids is 2. The first-order valence-corrected chi connectivity index (χ1v) is 9.51. The number of amides is 1. The van der Waals surface area contributed by atoms with Crippen molar-refractivity contribution in [2.75, 3.05) is 5.32 Å².